The van der Waals surface area contributed by atoms with Crippen LogP contribution in [0.25, 0.3) is 11.4 Å². The molecule has 2 aromatic heterocycles. The summed E-state index contributed by atoms with van der Waals surface area (Å²) in [5, 5.41) is 0. The molecule has 8 aliphatic heterocycles. The van der Waals surface area contributed by atoms with Crippen molar-refractivity contribution in [2.45, 2.75) is 308 Å². The molecule has 0 N–H and O–H groups in total. The van der Waals surface area contributed by atoms with Gasteiger partial charge < -0.3 is 85.3 Å². The molecule has 0 saturated heterocycles. The molecule has 10 aliphatic rings. The van der Waals surface area contributed by atoms with Crippen molar-refractivity contribution in [3.05, 3.63) is 222 Å². The van der Waals surface area contributed by atoms with Gasteiger partial charge in [0.05, 0.1) is 22.5 Å². The highest BCUT2D eigenvalue weighted by atomic mass is 16.7. The van der Waals surface area contributed by atoms with Gasteiger partial charge in [-0.05, 0) is 112 Å². The molecule has 22 nitrogen and oxygen atoms in total. The van der Waals surface area contributed by atoms with Crippen molar-refractivity contribution < 1.29 is 94.9 Å². The second kappa shape index (κ2) is 42.6. The summed E-state index contributed by atoms with van der Waals surface area (Å²) in [7, 11) is 0. The van der Waals surface area contributed by atoms with Gasteiger partial charge in [0, 0.05) is 197 Å². The lowest BCUT2D eigenvalue weighted by Crippen LogP contribution is -2.24. The highest BCUT2D eigenvalue weighted by Gasteiger charge is 2.45. The van der Waals surface area contributed by atoms with Gasteiger partial charge in [-0.1, -0.05) is 209 Å². The third-order valence-electron chi connectivity index (χ3n) is 30.2. The SMILES string of the molecule is CCCCCC1c2cc3c4cc2OCOc2cc5c(cc21)C(CCCCC)c1c(cc2c(c1OC(=O)c1ccnc(-c6cc(C(=O)Oc7c8c9cc%10c7C(CCCCC)c7cc%11c(cc7OCO%10)OCOc7cc%10c(cc7C%11CCCCC)C(CCCCC)c7cc(c(cc7OCO%10)OCO9)C8CCCCC)ccn6)c1)C(CCCCC)c1cc(c(cc1OCO2)OCO4)C3CCCCC)OCO5. The molecule has 8 atom stereocenters. The first-order valence-corrected chi connectivity index (χ1v) is 51.8. The van der Waals surface area contributed by atoms with Crippen LogP contribution in [-0.4, -0.2) is 76.3 Å². The van der Waals surface area contributed by atoms with Gasteiger partial charge in [0.1, 0.15) is 103 Å². The zero-order valence-electron chi connectivity index (χ0n) is 81.5. The van der Waals surface area contributed by atoms with E-state index in [0.717, 1.165) is 247 Å². The molecule has 0 radical (unpaired) electrons. The fourth-order valence-electron chi connectivity index (χ4n) is 23.1. The zero-order valence-corrected chi connectivity index (χ0v) is 81.5. The Morgan fingerprint density at radius 3 is 0.580 bits per heavy atom. The Bertz CT molecular complexity index is 5460. The van der Waals surface area contributed by atoms with Crippen LogP contribution in [-0.2, 0) is 0 Å². The van der Waals surface area contributed by atoms with E-state index in [1.807, 2.05) is 36.4 Å². The number of hydrogen-bond acceptors (Lipinski definition) is 22. The summed E-state index contributed by atoms with van der Waals surface area (Å²) in [5.74, 6) is 6.30. The summed E-state index contributed by atoms with van der Waals surface area (Å²) in [6, 6.07) is 37.1. The van der Waals surface area contributed by atoms with Crippen LogP contribution in [0.5, 0.6) is 103 Å². The van der Waals surface area contributed by atoms with Gasteiger partial charge in [0.2, 0.25) is 54.3 Å². The van der Waals surface area contributed by atoms with E-state index in [2.05, 4.69) is 104 Å². The monoisotopic (exact) mass is 1870 g/mol. The average molecular weight is 1870 g/mol. The van der Waals surface area contributed by atoms with E-state index >= 15 is 9.59 Å². The van der Waals surface area contributed by atoms with E-state index in [9.17, 15) is 0 Å². The lowest BCUT2D eigenvalue weighted by molar-refractivity contribution is 0.0711. The number of ether oxygens (including phenoxy) is 18. The maximum absolute atomic E-state index is 16.7. The van der Waals surface area contributed by atoms with Crippen LogP contribution < -0.4 is 85.3 Å². The summed E-state index contributed by atoms with van der Waals surface area (Å²) in [4.78, 5) is 43.3. The van der Waals surface area contributed by atoms with Crippen molar-refractivity contribution in [3.8, 4) is 115 Å². The molecule has 10 aromatic rings. The van der Waals surface area contributed by atoms with Crippen LogP contribution in [0, 0.1) is 0 Å². The van der Waals surface area contributed by atoms with E-state index in [1.54, 1.807) is 36.7 Å². The van der Waals surface area contributed by atoms with Crippen LogP contribution in [0.4, 0.5) is 0 Å². The lowest BCUT2D eigenvalue weighted by Gasteiger charge is -2.36. The average Bonchev–Trinajstić information content (AvgIpc) is 0.729. The Morgan fingerprint density at radius 1 is 0.225 bits per heavy atom. The van der Waals surface area contributed by atoms with Gasteiger partial charge in [0.25, 0.3) is 0 Å². The molecule has 8 aromatic carbocycles. The van der Waals surface area contributed by atoms with Crippen LogP contribution in [0.2, 0.25) is 0 Å². The fourth-order valence-corrected chi connectivity index (χ4v) is 23.1. The molecular weight excluding hydrogens is 1740 g/mol. The van der Waals surface area contributed by atoms with Crippen LogP contribution >= 0.6 is 0 Å². The first-order valence-electron chi connectivity index (χ1n) is 51.8. The van der Waals surface area contributed by atoms with Crippen molar-refractivity contribution in [1.29, 1.82) is 0 Å². The molecule has 2 aliphatic carbocycles. The number of carbonyl (C=O) groups excluding carboxylic acids is 2. The topological polar surface area (TPSA) is 226 Å². The van der Waals surface area contributed by atoms with Crippen molar-refractivity contribution >= 4 is 11.9 Å². The standard InChI is InChI=1S/C116H132N2O20/c1-9-17-25-33-71-79-47-80-72(34-26-18-10-2)84-50-88-76(38-30-22-14-6)110-106-59-105-109(75(37-29-21-13-5)87-49-83(71)97(55-101(87)129-65-133-105)125-61-121-93(79)53-94(80)122-62-126-98(84)56-102(88)130-66-134-106)113(110)137-115(119)69-41-43-117-91(45-69)92-46-70(42-44-118-92)116(120)138-114-111-77(39-31-23-15-7)89-51-85-73(35-27-19-11-3)81-48-82-74(36-28-20-12-4)86-52-90-78(40-32-24-16-8)112(114)108-60-107(111)135-67-131-103(89)57-99(85)127-63-123-95(81)54-96(82)124-64-128-100(86)58-104(90)132-68-136-108/h41-60,71-78H,9-40,61-68H2,1-8H3. The summed E-state index contributed by atoms with van der Waals surface area (Å²) >= 11 is 0. The van der Waals surface area contributed by atoms with Crippen molar-refractivity contribution in [2.75, 3.05) is 54.3 Å². The molecule has 0 amide bonds. The number of pyridine rings is 2. The second-order valence-electron chi connectivity index (χ2n) is 38.9. The Balaban J connectivity index is 0.749. The quantitative estimate of drug-likeness (QED) is 0.0200. The van der Waals surface area contributed by atoms with Gasteiger partial charge in [-0.3, -0.25) is 9.97 Å². The van der Waals surface area contributed by atoms with Gasteiger partial charge in [-0.15, -0.1) is 0 Å². The van der Waals surface area contributed by atoms with E-state index in [1.165, 1.54) is 0 Å². The van der Waals surface area contributed by atoms with Gasteiger partial charge in [0.15, 0.2) is 0 Å². The summed E-state index contributed by atoms with van der Waals surface area (Å²) in [5.41, 5.74) is 15.8. The third kappa shape index (κ3) is 18.7. The maximum atomic E-state index is 16.7. The third-order valence-corrected chi connectivity index (χ3v) is 30.2. The molecule has 8 unspecified atom stereocenters. The normalized spacial score (nSPS) is 19.1. The molecule has 22 heteroatoms. The van der Waals surface area contributed by atoms with Crippen LogP contribution in [0.15, 0.2) is 122 Å². The second-order valence-corrected chi connectivity index (χ2v) is 38.9. The van der Waals surface area contributed by atoms with Crippen LogP contribution in [0.1, 0.15) is 418 Å². The summed E-state index contributed by atoms with van der Waals surface area (Å²) in [6.07, 6.45) is 31.7. The molecule has 138 heavy (non-hydrogen) atoms. The minimum Gasteiger partial charge on any atom is -0.457 e. The Hall–Kier alpha value is -12.2. The number of nitrogens with zero attached hydrogens (tertiary/aromatic N) is 2. The molecule has 0 saturated carbocycles. The minimum atomic E-state index is -0.664. The number of esters is 2. The molecule has 20 rings (SSSR count). The Labute approximate surface area is 811 Å². The largest absolute Gasteiger partial charge is 0.457 e. The smallest absolute Gasteiger partial charge is 0.343 e. The summed E-state index contributed by atoms with van der Waals surface area (Å²) < 4.78 is 125. The Morgan fingerprint density at radius 2 is 0.391 bits per heavy atom. The van der Waals surface area contributed by atoms with Gasteiger partial charge >= 0.3 is 11.9 Å². The molecular formula is C116H132N2O20. The number of carbonyl (C=O) groups is 2. The predicted octanol–water partition coefficient (Wildman–Crippen LogP) is 28.7. The van der Waals surface area contributed by atoms with E-state index in [0.29, 0.717) is 163 Å². The van der Waals surface area contributed by atoms with Crippen molar-refractivity contribution in [1.82, 2.24) is 9.97 Å². The zero-order chi connectivity index (χ0) is 94.3. The molecule has 0 fully saturated rings. The summed E-state index contributed by atoms with van der Waals surface area (Å²) in [6.45, 7) is 16.8. The number of hydrogen-bond donors (Lipinski definition) is 0. The van der Waals surface area contributed by atoms with E-state index in [4.69, 9.17) is 95.2 Å². The predicted molar refractivity (Wildman–Crippen MR) is 526 cm³/mol. The minimum absolute atomic E-state index is 0.0634. The number of benzene rings is 8. The molecule has 16 bridgehead atoms. The van der Waals surface area contributed by atoms with Crippen LogP contribution in [0.3, 0.4) is 0 Å². The van der Waals surface area contributed by atoms with Crippen molar-refractivity contribution in [2.24, 2.45) is 0 Å². The lowest BCUT2D eigenvalue weighted by atomic mass is 9.75. The first kappa shape index (κ1) is 93.4. The highest BCUT2D eigenvalue weighted by molar-refractivity contribution is 5.95. The molecule has 0 spiro atoms. The van der Waals surface area contributed by atoms with E-state index < -0.39 is 35.6 Å². The maximum Gasteiger partial charge on any atom is 0.343 e. The number of aromatic nitrogens is 2. The van der Waals surface area contributed by atoms with Crippen molar-refractivity contribution in [3.63, 3.8) is 0 Å². The number of rotatable bonds is 37. The first-order chi connectivity index (χ1) is 67.9. The molecule has 10 heterocycles. The fraction of sp³-hybridized carbons (Fsp3) is 0.483. The highest BCUT2D eigenvalue weighted by Crippen LogP contribution is 2.63. The van der Waals surface area contributed by atoms with Gasteiger partial charge in [-0.2, -0.15) is 0 Å². The molecule has 726 valence electrons. The Kier molecular flexibility index (Phi) is 28.9. The van der Waals surface area contributed by atoms with Gasteiger partial charge in [-0.25, -0.2) is 9.59 Å². The number of unbranched alkanes of at least 4 members (excludes halogenated alkanes) is 16. The van der Waals surface area contributed by atoms with E-state index in [-0.39, 0.29) is 89.1 Å².